The largest absolute Gasteiger partial charge is 0.391 e. The highest BCUT2D eigenvalue weighted by Gasteiger charge is 2.65. The SMILES string of the molecule is CO[C@@H]1[C@H](O)CC[C@]2(O)CN(Cc3ccc(-c4ccccc4)cc3)[C@](C)([C@H](O)CC=C(C)C)[C@@H]12. The molecule has 0 bridgehead atoms. The lowest BCUT2D eigenvalue weighted by molar-refractivity contribution is -0.169. The van der Waals surface area contributed by atoms with E-state index in [2.05, 4.69) is 41.3 Å². The Morgan fingerprint density at radius 2 is 1.76 bits per heavy atom. The van der Waals surface area contributed by atoms with Crippen molar-refractivity contribution >= 4 is 0 Å². The third-order valence-corrected chi connectivity index (χ3v) is 8.07. The summed E-state index contributed by atoms with van der Waals surface area (Å²) in [5.74, 6) is -0.405. The van der Waals surface area contributed by atoms with Crippen molar-refractivity contribution in [1.29, 1.82) is 0 Å². The lowest BCUT2D eigenvalue weighted by Gasteiger charge is -2.50. The maximum absolute atomic E-state index is 11.8. The predicted molar refractivity (Wildman–Crippen MR) is 135 cm³/mol. The number of allylic oxidation sites excluding steroid dienone is 1. The zero-order chi connectivity index (χ0) is 24.5. The monoisotopic (exact) mass is 465 g/mol. The molecule has 1 aliphatic heterocycles. The van der Waals surface area contributed by atoms with Crippen LogP contribution in [0.15, 0.2) is 66.2 Å². The Morgan fingerprint density at radius 1 is 1.12 bits per heavy atom. The molecule has 0 spiro atoms. The number of nitrogens with zero attached hydrogens (tertiary/aromatic N) is 1. The summed E-state index contributed by atoms with van der Waals surface area (Å²) in [5.41, 5.74) is 2.82. The van der Waals surface area contributed by atoms with Crippen molar-refractivity contribution in [3.8, 4) is 11.1 Å². The quantitative estimate of drug-likeness (QED) is 0.536. The highest BCUT2D eigenvalue weighted by Crippen LogP contribution is 2.52. The van der Waals surface area contributed by atoms with E-state index in [0.717, 1.165) is 16.7 Å². The molecule has 2 aromatic rings. The van der Waals surface area contributed by atoms with E-state index < -0.39 is 35.4 Å². The number of hydrogen-bond acceptors (Lipinski definition) is 5. The molecule has 0 amide bonds. The summed E-state index contributed by atoms with van der Waals surface area (Å²) in [7, 11) is 1.59. The molecule has 1 aliphatic carbocycles. The van der Waals surface area contributed by atoms with Gasteiger partial charge in [-0.2, -0.15) is 0 Å². The van der Waals surface area contributed by atoms with Gasteiger partial charge in [0.15, 0.2) is 0 Å². The Hall–Kier alpha value is -2.02. The molecule has 0 unspecified atom stereocenters. The van der Waals surface area contributed by atoms with Crippen molar-refractivity contribution < 1.29 is 20.1 Å². The standard InChI is InChI=1S/C29H39NO4/c1-20(2)10-15-25(32)28(3)27-26(34-4)24(31)16-17-29(27,33)19-30(28)18-21-11-13-23(14-12-21)22-8-6-5-7-9-22/h5-14,24-27,31-33H,15-19H2,1-4H3/t24-,25-,26-,27-,28-,29+/m1/s1. The van der Waals surface area contributed by atoms with Gasteiger partial charge >= 0.3 is 0 Å². The van der Waals surface area contributed by atoms with Crippen molar-refractivity contribution in [2.45, 2.75) is 76.0 Å². The van der Waals surface area contributed by atoms with Gasteiger partial charge in [0.1, 0.15) is 0 Å². The van der Waals surface area contributed by atoms with E-state index >= 15 is 0 Å². The third-order valence-electron chi connectivity index (χ3n) is 8.07. The zero-order valence-electron chi connectivity index (χ0n) is 20.8. The minimum absolute atomic E-state index is 0.405. The first-order valence-corrected chi connectivity index (χ1v) is 12.3. The maximum atomic E-state index is 11.8. The summed E-state index contributed by atoms with van der Waals surface area (Å²) in [4.78, 5) is 2.21. The van der Waals surface area contributed by atoms with Crippen LogP contribution >= 0.6 is 0 Å². The number of methoxy groups -OCH3 is 1. The molecule has 4 rings (SSSR count). The number of β-amino-alcohol motifs (C(OH)–C–C–N with tert-alkyl or cyclic N) is 1. The molecule has 2 fully saturated rings. The molecule has 184 valence electrons. The summed E-state index contributed by atoms with van der Waals surface area (Å²) < 4.78 is 5.75. The van der Waals surface area contributed by atoms with Gasteiger partial charge in [0.25, 0.3) is 0 Å². The Kier molecular flexibility index (Phi) is 7.32. The average molecular weight is 466 g/mol. The van der Waals surface area contributed by atoms with E-state index in [-0.39, 0.29) is 0 Å². The maximum Gasteiger partial charge on any atom is 0.0904 e. The average Bonchev–Trinajstić information content (AvgIpc) is 3.06. The van der Waals surface area contributed by atoms with Gasteiger partial charge in [-0.05, 0) is 56.7 Å². The minimum atomic E-state index is -1.02. The van der Waals surface area contributed by atoms with Gasteiger partial charge in [0.2, 0.25) is 0 Å². The molecule has 6 atom stereocenters. The Labute approximate surface area is 203 Å². The first-order chi connectivity index (χ1) is 16.2. The van der Waals surface area contributed by atoms with E-state index in [1.807, 2.05) is 45.0 Å². The van der Waals surface area contributed by atoms with Gasteiger partial charge in [0.05, 0.1) is 29.5 Å². The van der Waals surface area contributed by atoms with Crippen LogP contribution in [0.25, 0.3) is 11.1 Å². The van der Waals surface area contributed by atoms with Crippen molar-refractivity contribution in [2.75, 3.05) is 13.7 Å². The van der Waals surface area contributed by atoms with Crippen molar-refractivity contribution in [3.05, 3.63) is 71.8 Å². The smallest absolute Gasteiger partial charge is 0.0904 e. The van der Waals surface area contributed by atoms with Gasteiger partial charge in [0, 0.05) is 26.1 Å². The van der Waals surface area contributed by atoms with Gasteiger partial charge < -0.3 is 20.1 Å². The number of fused-ring (bicyclic) bond motifs is 1. The number of aliphatic hydroxyl groups is 3. The number of hydrogen-bond donors (Lipinski definition) is 3. The summed E-state index contributed by atoms with van der Waals surface area (Å²) in [6, 6.07) is 18.8. The van der Waals surface area contributed by atoms with Crippen LogP contribution in [-0.4, -0.2) is 63.3 Å². The first kappa shape index (κ1) is 25.1. The highest BCUT2D eigenvalue weighted by molar-refractivity contribution is 5.63. The summed E-state index contributed by atoms with van der Waals surface area (Å²) in [6.07, 6.45) is 1.61. The first-order valence-electron chi connectivity index (χ1n) is 12.3. The van der Waals surface area contributed by atoms with Crippen LogP contribution in [0, 0.1) is 5.92 Å². The minimum Gasteiger partial charge on any atom is -0.391 e. The van der Waals surface area contributed by atoms with Crippen LogP contribution in [0.1, 0.15) is 45.6 Å². The lowest BCUT2D eigenvalue weighted by Crippen LogP contribution is -2.63. The molecule has 2 aliphatic rings. The second-order valence-electron chi connectivity index (χ2n) is 10.6. The fourth-order valence-electron chi connectivity index (χ4n) is 6.17. The zero-order valence-corrected chi connectivity index (χ0v) is 20.8. The molecule has 5 nitrogen and oxygen atoms in total. The topological polar surface area (TPSA) is 73.2 Å². The van der Waals surface area contributed by atoms with Gasteiger partial charge in [-0.3, -0.25) is 4.90 Å². The summed E-state index contributed by atoms with van der Waals surface area (Å²) >= 11 is 0. The van der Waals surface area contributed by atoms with Crippen LogP contribution in [0.4, 0.5) is 0 Å². The second kappa shape index (κ2) is 9.92. The van der Waals surface area contributed by atoms with Gasteiger partial charge in [-0.15, -0.1) is 0 Å². The molecular weight excluding hydrogens is 426 g/mol. The van der Waals surface area contributed by atoms with E-state index in [1.54, 1.807) is 7.11 Å². The van der Waals surface area contributed by atoms with E-state index in [1.165, 1.54) is 5.56 Å². The van der Waals surface area contributed by atoms with E-state index in [4.69, 9.17) is 4.74 Å². The number of rotatable bonds is 7. The van der Waals surface area contributed by atoms with Gasteiger partial charge in [-0.1, -0.05) is 66.2 Å². The number of ether oxygens (including phenoxy) is 1. The molecule has 5 heteroatoms. The second-order valence-corrected chi connectivity index (χ2v) is 10.6. The van der Waals surface area contributed by atoms with Crippen LogP contribution < -0.4 is 0 Å². The summed E-state index contributed by atoms with van der Waals surface area (Å²) in [6.45, 7) is 7.11. The predicted octanol–water partition coefficient (Wildman–Crippen LogP) is 4.16. The van der Waals surface area contributed by atoms with Crippen LogP contribution in [-0.2, 0) is 11.3 Å². The van der Waals surface area contributed by atoms with Crippen LogP contribution in [0.5, 0.6) is 0 Å². The van der Waals surface area contributed by atoms with Crippen molar-refractivity contribution in [1.82, 2.24) is 4.90 Å². The Bertz CT molecular complexity index is 987. The molecule has 34 heavy (non-hydrogen) atoms. The molecule has 1 saturated carbocycles. The Morgan fingerprint density at radius 3 is 2.38 bits per heavy atom. The molecule has 0 aromatic heterocycles. The molecule has 3 N–H and O–H groups in total. The Balaban J connectivity index is 1.66. The summed E-state index contributed by atoms with van der Waals surface area (Å²) in [5, 5.41) is 34.0. The normalized spacial score (nSPS) is 32.3. The highest BCUT2D eigenvalue weighted by atomic mass is 16.5. The molecule has 0 radical (unpaired) electrons. The third kappa shape index (κ3) is 4.60. The van der Waals surface area contributed by atoms with E-state index in [0.29, 0.717) is 32.4 Å². The fraction of sp³-hybridized carbons (Fsp3) is 0.517. The molecule has 1 saturated heterocycles. The lowest BCUT2D eigenvalue weighted by atomic mass is 9.65. The number of likely N-dealkylation sites (tertiary alicyclic amines) is 1. The van der Waals surface area contributed by atoms with Gasteiger partial charge in [-0.25, -0.2) is 0 Å². The van der Waals surface area contributed by atoms with Crippen LogP contribution in [0.3, 0.4) is 0 Å². The molecule has 1 heterocycles. The molecular formula is C29H39NO4. The van der Waals surface area contributed by atoms with Crippen molar-refractivity contribution in [2.24, 2.45) is 5.92 Å². The number of aliphatic hydroxyl groups excluding tert-OH is 2. The fourth-order valence-corrected chi connectivity index (χ4v) is 6.17. The van der Waals surface area contributed by atoms with Crippen molar-refractivity contribution in [3.63, 3.8) is 0 Å². The molecule has 2 aromatic carbocycles. The van der Waals surface area contributed by atoms with Crippen LogP contribution in [0.2, 0.25) is 0 Å². The van der Waals surface area contributed by atoms with E-state index in [9.17, 15) is 15.3 Å². The number of benzene rings is 2.